The lowest BCUT2D eigenvalue weighted by Gasteiger charge is -2.41. The lowest BCUT2D eigenvalue weighted by Crippen LogP contribution is -2.56. The fourth-order valence-electron chi connectivity index (χ4n) is 5.29. The van der Waals surface area contributed by atoms with Gasteiger partial charge >= 0.3 is 5.69 Å². The molecule has 0 saturated carbocycles. The summed E-state index contributed by atoms with van der Waals surface area (Å²) in [4.78, 5) is 49.3. The first-order valence-electron chi connectivity index (χ1n) is 13.2. The van der Waals surface area contributed by atoms with Crippen LogP contribution in [-0.4, -0.2) is 76.7 Å². The highest BCUT2D eigenvalue weighted by atomic mass is 32.2. The van der Waals surface area contributed by atoms with Crippen molar-refractivity contribution in [2.24, 2.45) is 5.73 Å². The normalized spacial score (nSPS) is 15.4. The molecular formula is C29H26F2N6O6S. The fraction of sp³-hybridized carbons (Fsp3) is 0.207. The smallest absolute Gasteiger partial charge is 0.355 e. The number of anilines is 1. The van der Waals surface area contributed by atoms with Crippen LogP contribution in [-0.2, 0) is 19.4 Å². The van der Waals surface area contributed by atoms with Gasteiger partial charge in [-0.1, -0.05) is 24.8 Å². The third-order valence-corrected chi connectivity index (χ3v) is 8.36. The number of pyridine rings is 1. The highest BCUT2D eigenvalue weighted by molar-refractivity contribution is 7.90. The summed E-state index contributed by atoms with van der Waals surface area (Å²) in [5, 5.41) is 10.3. The fourth-order valence-corrected chi connectivity index (χ4v) is 6.15. The molecule has 5 rings (SSSR count). The molecule has 0 spiro atoms. The van der Waals surface area contributed by atoms with E-state index < -0.39 is 62.0 Å². The maximum Gasteiger partial charge on any atom is 0.355 e. The zero-order valence-corrected chi connectivity index (χ0v) is 24.1. The number of aromatic nitrogens is 3. The van der Waals surface area contributed by atoms with Gasteiger partial charge < -0.3 is 20.6 Å². The molecule has 0 bridgehead atoms. The molecule has 228 valence electrons. The molecule has 1 unspecified atom stereocenters. The summed E-state index contributed by atoms with van der Waals surface area (Å²) in [6.07, 6.45) is 1.79. The van der Waals surface area contributed by atoms with E-state index in [4.69, 9.17) is 5.73 Å². The van der Waals surface area contributed by atoms with E-state index in [1.54, 1.807) is 0 Å². The third kappa shape index (κ3) is 5.48. The number of piperazine rings is 1. The minimum Gasteiger partial charge on any atom is -0.507 e. The van der Waals surface area contributed by atoms with E-state index in [-0.39, 0.29) is 53.5 Å². The van der Waals surface area contributed by atoms with Gasteiger partial charge in [-0.3, -0.25) is 9.59 Å². The zero-order chi connectivity index (χ0) is 31.9. The SMILES string of the molecule is C=CC(=O)N1CCN(c2nc(=O)n(-c3ccccc3S(C)(=O)=O)c3nc(-c4c(O)cccc4F)c(F)cc23)C(CC(N)=O)C1. The number of benzene rings is 2. The number of aromatic hydroxyl groups is 1. The van der Waals surface area contributed by atoms with E-state index in [1.807, 2.05) is 0 Å². The number of hydrogen-bond acceptors (Lipinski definition) is 9. The van der Waals surface area contributed by atoms with Crippen molar-refractivity contribution in [1.82, 2.24) is 19.4 Å². The molecule has 12 nitrogen and oxygen atoms in total. The van der Waals surface area contributed by atoms with Crippen molar-refractivity contribution >= 4 is 38.5 Å². The Morgan fingerprint density at radius 1 is 1.11 bits per heavy atom. The second kappa shape index (κ2) is 11.5. The van der Waals surface area contributed by atoms with Crippen LogP contribution < -0.4 is 16.3 Å². The highest BCUT2D eigenvalue weighted by Crippen LogP contribution is 2.36. The first-order chi connectivity index (χ1) is 20.8. The number of carbonyl (C=O) groups is 2. The van der Waals surface area contributed by atoms with Crippen LogP contribution in [0.4, 0.5) is 14.6 Å². The number of halogens is 2. The van der Waals surface area contributed by atoms with Crippen LogP contribution in [0.1, 0.15) is 6.42 Å². The zero-order valence-electron chi connectivity index (χ0n) is 23.3. The predicted molar refractivity (Wildman–Crippen MR) is 157 cm³/mol. The Kier molecular flexibility index (Phi) is 7.90. The van der Waals surface area contributed by atoms with Gasteiger partial charge in [-0.25, -0.2) is 31.5 Å². The Labute approximate surface area is 249 Å². The van der Waals surface area contributed by atoms with E-state index in [0.29, 0.717) is 0 Å². The monoisotopic (exact) mass is 624 g/mol. The van der Waals surface area contributed by atoms with Gasteiger partial charge in [0.15, 0.2) is 21.3 Å². The van der Waals surface area contributed by atoms with E-state index in [0.717, 1.165) is 35.1 Å². The summed E-state index contributed by atoms with van der Waals surface area (Å²) in [6.45, 7) is 3.64. The number of phenols is 1. The van der Waals surface area contributed by atoms with Crippen molar-refractivity contribution in [2.45, 2.75) is 17.4 Å². The summed E-state index contributed by atoms with van der Waals surface area (Å²) >= 11 is 0. The number of carbonyl (C=O) groups excluding carboxylic acids is 2. The van der Waals surface area contributed by atoms with Crippen LogP contribution in [0.2, 0.25) is 0 Å². The summed E-state index contributed by atoms with van der Waals surface area (Å²) in [7, 11) is -3.92. The number of primary amides is 1. The molecule has 1 atom stereocenters. The molecule has 1 aliphatic heterocycles. The Morgan fingerprint density at radius 2 is 1.84 bits per heavy atom. The van der Waals surface area contributed by atoms with E-state index in [2.05, 4.69) is 16.5 Å². The number of phenolic OH excluding ortho intramolecular Hbond substituents is 1. The second-order valence-electron chi connectivity index (χ2n) is 10.1. The first-order valence-corrected chi connectivity index (χ1v) is 15.1. The van der Waals surface area contributed by atoms with Crippen LogP contribution >= 0.6 is 0 Å². The van der Waals surface area contributed by atoms with Crippen LogP contribution in [0.25, 0.3) is 28.0 Å². The molecule has 4 aromatic rings. The van der Waals surface area contributed by atoms with Crippen LogP contribution in [0.3, 0.4) is 0 Å². The Balaban J connectivity index is 1.85. The predicted octanol–water partition coefficient (Wildman–Crippen LogP) is 1.91. The van der Waals surface area contributed by atoms with Gasteiger partial charge in [-0.2, -0.15) is 4.98 Å². The molecule has 0 aliphatic carbocycles. The number of fused-ring (bicyclic) bond motifs is 1. The van der Waals surface area contributed by atoms with Gasteiger partial charge in [0.2, 0.25) is 11.8 Å². The first kappa shape index (κ1) is 30.3. The minimum atomic E-state index is -3.92. The number of nitrogens with two attached hydrogens (primary N) is 1. The largest absolute Gasteiger partial charge is 0.507 e. The van der Waals surface area contributed by atoms with Crippen LogP contribution in [0, 0.1) is 11.6 Å². The molecule has 3 N–H and O–H groups in total. The van der Waals surface area contributed by atoms with Crippen molar-refractivity contribution < 1.29 is 31.9 Å². The summed E-state index contributed by atoms with van der Waals surface area (Å²) in [5.41, 5.74) is 2.78. The van der Waals surface area contributed by atoms with Crippen molar-refractivity contribution in [3.63, 3.8) is 0 Å². The molecule has 2 aromatic carbocycles. The summed E-state index contributed by atoms with van der Waals surface area (Å²) in [6, 6.07) is 9.00. The van der Waals surface area contributed by atoms with Gasteiger partial charge in [0, 0.05) is 32.3 Å². The molecule has 3 heterocycles. The average Bonchev–Trinajstić information content (AvgIpc) is 2.96. The maximum atomic E-state index is 15.8. The summed E-state index contributed by atoms with van der Waals surface area (Å²) < 4.78 is 57.0. The van der Waals surface area contributed by atoms with Gasteiger partial charge in [0.1, 0.15) is 23.1 Å². The van der Waals surface area contributed by atoms with E-state index in [9.17, 15) is 32.3 Å². The molecule has 0 radical (unpaired) electrons. The molecule has 1 saturated heterocycles. The van der Waals surface area contributed by atoms with Crippen molar-refractivity contribution in [3.05, 3.63) is 83.3 Å². The lowest BCUT2D eigenvalue weighted by molar-refractivity contribution is -0.127. The average molecular weight is 625 g/mol. The van der Waals surface area contributed by atoms with Gasteiger partial charge in [0.25, 0.3) is 0 Å². The minimum absolute atomic E-state index is 0.00590. The standard InChI is InChI=1S/C29H26F2N6O6S/c1-3-24(40)35-11-12-36(16(15-35)13-23(32)39)27-17-14-19(31)26(25-18(30)7-6-9-21(25)38)33-28(17)37(29(41)34-27)20-8-4-5-10-22(20)44(2,42)43/h3-10,14,16,38H,1,11-13,15H2,2H3,(H2,32,39). The Morgan fingerprint density at radius 3 is 2.50 bits per heavy atom. The van der Waals surface area contributed by atoms with Crippen LogP contribution in [0.15, 0.2) is 70.9 Å². The second-order valence-corrected chi connectivity index (χ2v) is 12.1. The topological polar surface area (TPSA) is 169 Å². The van der Waals surface area contributed by atoms with E-state index >= 15 is 4.39 Å². The number of amides is 2. The van der Waals surface area contributed by atoms with Crippen molar-refractivity contribution in [1.29, 1.82) is 0 Å². The molecule has 1 fully saturated rings. The van der Waals surface area contributed by atoms with Gasteiger partial charge in [-0.05, 0) is 36.4 Å². The number of hydrogen-bond donors (Lipinski definition) is 2. The lowest BCUT2D eigenvalue weighted by atomic mass is 10.1. The quantitative estimate of drug-likeness (QED) is 0.292. The third-order valence-electron chi connectivity index (χ3n) is 7.21. The molecule has 15 heteroatoms. The molecule has 1 aliphatic rings. The molecule has 2 aromatic heterocycles. The Hall–Kier alpha value is -5.18. The number of sulfone groups is 1. The van der Waals surface area contributed by atoms with Crippen molar-refractivity contribution in [3.8, 4) is 22.7 Å². The van der Waals surface area contributed by atoms with E-state index in [1.165, 1.54) is 40.1 Å². The number of rotatable bonds is 7. The maximum absolute atomic E-state index is 15.8. The highest BCUT2D eigenvalue weighted by Gasteiger charge is 2.34. The molecule has 44 heavy (non-hydrogen) atoms. The number of nitrogens with zero attached hydrogens (tertiary/aromatic N) is 5. The Bertz CT molecular complexity index is 2000. The van der Waals surface area contributed by atoms with Gasteiger partial charge in [-0.15, -0.1) is 0 Å². The summed E-state index contributed by atoms with van der Waals surface area (Å²) in [5.74, 6) is -3.94. The molecule has 2 amide bonds. The molecular weight excluding hydrogens is 598 g/mol. The number of para-hydroxylation sites is 1. The van der Waals surface area contributed by atoms with Crippen LogP contribution in [0.5, 0.6) is 5.75 Å². The van der Waals surface area contributed by atoms with Crippen molar-refractivity contribution in [2.75, 3.05) is 30.8 Å². The van der Waals surface area contributed by atoms with Gasteiger partial charge in [0.05, 0.1) is 27.6 Å².